The summed E-state index contributed by atoms with van der Waals surface area (Å²) >= 11 is 12.2. The van der Waals surface area contributed by atoms with Crippen LogP contribution in [0.5, 0.6) is 0 Å². The predicted octanol–water partition coefficient (Wildman–Crippen LogP) is 5.27. The van der Waals surface area contributed by atoms with Crippen molar-refractivity contribution in [1.29, 1.82) is 0 Å². The number of nitrogens with zero attached hydrogens (tertiary/aromatic N) is 2. The number of aromatic nitrogens is 2. The highest BCUT2D eigenvalue weighted by molar-refractivity contribution is 6.35. The van der Waals surface area contributed by atoms with Crippen molar-refractivity contribution >= 4 is 29.4 Å². The van der Waals surface area contributed by atoms with Crippen molar-refractivity contribution in [1.82, 2.24) is 9.55 Å². The molecule has 0 saturated heterocycles. The van der Waals surface area contributed by atoms with E-state index in [2.05, 4.69) is 11.9 Å². The molecule has 1 aromatic carbocycles. The molecule has 0 bridgehead atoms. The van der Waals surface area contributed by atoms with Crippen molar-refractivity contribution in [3.63, 3.8) is 0 Å². The van der Waals surface area contributed by atoms with Crippen molar-refractivity contribution in [2.24, 2.45) is 0 Å². The van der Waals surface area contributed by atoms with Crippen LogP contribution in [0.1, 0.15) is 37.9 Å². The molecule has 24 heavy (non-hydrogen) atoms. The predicted molar refractivity (Wildman–Crippen MR) is 93.4 cm³/mol. The van der Waals surface area contributed by atoms with E-state index in [0.717, 1.165) is 19.3 Å². The third-order valence-corrected chi connectivity index (χ3v) is 4.01. The Hall–Kier alpha value is -1.72. The molecule has 1 unspecified atom stereocenters. The Bertz CT molecular complexity index is 647. The zero-order chi connectivity index (χ0) is 17.4. The Morgan fingerprint density at radius 3 is 2.83 bits per heavy atom. The second kappa shape index (κ2) is 9.55. The van der Waals surface area contributed by atoms with E-state index in [1.54, 1.807) is 41.5 Å². The summed E-state index contributed by atoms with van der Waals surface area (Å²) in [6, 6.07) is 5.07. The van der Waals surface area contributed by atoms with E-state index < -0.39 is 12.3 Å². The van der Waals surface area contributed by atoms with E-state index in [1.807, 2.05) is 0 Å². The van der Waals surface area contributed by atoms with Gasteiger partial charge in [-0.25, -0.2) is 9.78 Å². The van der Waals surface area contributed by atoms with E-state index in [4.69, 9.17) is 32.7 Å². The lowest BCUT2D eigenvalue weighted by molar-refractivity contribution is 0.0162. The van der Waals surface area contributed by atoms with Gasteiger partial charge in [-0.3, -0.25) is 0 Å². The first kappa shape index (κ1) is 18.6. The second-order valence-corrected chi connectivity index (χ2v) is 6.18. The summed E-state index contributed by atoms with van der Waals surface area (Å²) in [4.78, 5) is 15.9. The lowest BCUT2D eigenvalue weighted by Gasteiger charge is -2.19. The van der Waals surface area contributed by atoms with Crippen LogP contribution in [0.3, 0.4) is 0 Å². The molecule has 0 radical (unpaired) electrons. The highest BCUT2D eigenvalue weighted by atomic mass is 35.5. The number of hydrogen-bond acceptors (Lipinski definition) is 4. The highest BCUT2D eigenvalue weighted by Crippen LogP contribution is 2.30. The van der Waals surface area contributed by atoms with Crippen molar-refractivity contribution in [2.45, 2.75) is 38.8 Å². The Morgan fingerprint density at radius 1 is 1.33 bits per heavy atom. The van der Waals surface area contributed by atoms with Gasteiger partial charge in [0.1, 0.15) is 6.10 Å². The zero-order valence-corrected chi connectivity index (χ0v) is 15.0. The third kappa shape index (κ3) is 5.73. The van der Waals surface area contributed by atoms with Crippen molar-refractivity contribution in [2.75, 3.05) is 6.61 Å². The number of carbonyl (C=O) groups is 1. The molecule has 0 fully saturated rings. The van der Waals surface area contributed by atoms with Gasteiger partial charge in [0, 0.05) is 28.0 Å². The van der Waals surface area contributed by atoms with Crippen LogP contribution in [-0.2, 0) is 16.0 Å². The topological polar surface area (TPSA) is 53.4 Å². The molecule has 0 aliphatic carbocycles. The molecule has 2 rings (SSSR count). The summed E-state index contributed by atoms with van der Waals surface area (Å²) < 4.78 is 12.4. The molecule has 5 nitrogen and oxygen atoms in total. The average molecular weight is 371 g/mol. The first-order valence-electron chi connectivity index (χ1n) is 7.84. The molecular formula is C17H20Cl2N2O3. The monoisotopic (exact) mass is 370 g/mol. The maximum Gasteiger partial charge on any atom is 0.508 e. The van der Waals surface area contributed by atoms with Crippen LogP contribution < -0.4 is 0 Å². The second-order valence-electron chi connectivity index (χ2n) is 5.34. The van der Waals surface area contributed by atoms with Gasteiger partial charge in [-0.15, -0.1) is 0 Å². The maximum absolute atomic E-state index is 12.0. The number of unbranched alkanes of at least 4 members (excludes halogenated alkanes) is 2. The van der Waals surface area contributed by atoms with E-state index in [9.17, 15) is 4.79 Å². The minimum Gasteiger partial charge on any atom is -0.434 e. The Balaban J connectivity index is 2.06. The van der Waals surface area contributed by atoms with Crippen LogP contribution in [0, 0.1) is 0 Å². The van der Waals surface area contributed by atoms with E-state index >= 15 is 0 Å². The first-order valence-corrected chi connectivity index (χ1v) is 8.60. The minimum absolute atomic E-state index is 0.346. The number of imidazole rings is 1. The fourth-order valence-corrected chi connectivity index (χ4v) is 2.74. The molecule has 7 heteroatoms. The lowest BCUT2D eigenvalue weighted by atomic mass is 10.1. The SMILES string of the molecule is CCCCCOC(=O)OC(Cn1ccnc1)c1ccc(Cl)cc1Cl. The van der Waals surface area contributed by atoms with Crippen molar-refractivity contribution in [3.05, 3.63) is 52.5 Å². The Labute approximate surface area is 151 Å². The van der Waals surface area contributed by atoms with Crippen molar-refractivity contribution < 1.29 is 14.3 Å². The van der Waals surface area contributed by atoms with Gasteiger partial charge in [0.2, 0.25) is 0 Å². The van der Waals surface area contributed by atoms with E-state index in [-0.39, 0.29) is 0 Å². The molecular weight excluding hydrogens is 351 g/mol. The Morgan fingerprint density at radius 2 is 2.17 bits per heavy atom. The van der Waals surface area contributed by atoms with Crippen LogP contribution in [0.4, 0.5) is 4.79 Å². The quantitative estimate of drug-likeness (QED) is 0.468. The smallest absolute Gasteiger partial charge is 0.434 e. The van der Waals surface area contributed by atoms with Gasteiger partial charge in [-0.2, -0.15) is 0 Å². The van der Waals surface area contributed by atoms with Crippen LogP contribution in [0.15, 0.2) is 36.9 Å². The summed E-state index contributed by atoms with van der Waals surface area (Å²) in [5, 5.41) is 0.957. The van der Waals surface area contributed by atoms with Gasteiger partial charge in [0.15, 0.2) is 0 Å². The summed E-state index contributed by atoms with van der Waals surface area (Å²) in [5.41, 5.74) is 0.667. The number of benzene rings is 1. The minimum atomic E-state index is -0.706. The Kier molecular flexibility index (Phi) is 7.40. The van der Waals surface area contributed by atoms with Crippen LogP contribution in [0.2, 0.25) is 10.0 Å². The molecule has 0 aliphatic rings. The van der Waals surface area contributed by atoms with Gasteiger partial charge >= 0.3 is 6.16 Å². The number of carbonyl (C=O) groups excluding carboxylic acids is 1. The molecule has 0 saturated carbocycles. The lowest BCUT2D eigenvalue weighted by Crippen LogP contribution is -2.18. The summed E-state index contributed by atoms with van der Waals surface area (Å²) in [6.45, 7) is 2.81. The molecule has 1 atom stereocenters. The first-order chi connectivity index (χ1) is 11.6. The fraction of sp³-hybridized carbons (Fsp3) is 0.412. The third-order valence-electron chi connectivity index (χ3n) is 3.45. The number of hydrogen-bond donors (Lipinski definition) is 0. The molecule has 0 amide bonds. The molecule has 0 N–H and O–H groups in total. The number of rotatable bonds is 8. The van der Waals surface area contributed by atoms with E-state index in [1.165, 1.54) is 0 Å². The molecule has 2 aromatic rings. The molecule has 1 heterocycles. The average Bonchev–Trinajstić information content (AvgIpc) is 3.04. The van der Waals surface area contributed by atoms with Crippen LogP contribution in [0.25, 0.3) is 0 Å². The van der Waals surface area contributed by atoms with Crippen LogP contribution in [-0.4, -0.2) is 22.3 Å². The molecule has 0 spiro atoms. The normalized spacial score (nSPS) is 12.0. The van der Waals surface area contributed by atoms with Gasteiger partial charge in [0.05, 0.1) is 19.5 Å². The number of ether oxygens (including phenoxy) is 2. The number of halogens is 2. The van der Waals surface area contributed by atoms with E-state index in [0.29, 0.717) is 28.8 Å². The summed E-state index contributed by atoms with van der Waals surface area (Å²) in [7, 11) is 0. The van der Waals surface area contributed by atoms with Crippen molar-refractivity contribution in [3.8, 4) is 0 Å². The zero-order valence-electron chi connectivity index (χ0n) is 13.5. The highest BCUT2D eigenvalue weighted by Gasteiger charge is 2.21. The molecule has 1 aromatic heterocycles. The van der Waals surface area contributed by atoms with Crippen LogP contribution >= 0.6 is 23.2 Å². The fourth-order valence-electron chi connectivity index (χ4n) is 2.21. The van der Waals surface area contributed by atoms with Gasteiger partial charge in [-0.05, 0) is 18.6 Å². The summed E-state index contributed by atoms with van der Waals surface area (Å²) in [6.07, 6.45) is 6.67. The molecule has 0 aliphatic heterocycles. The van der Waals surface area contributed by atoms with Gasteiger partial charge < -0.3 is 14.0 Å². The standard InChI is InChI=1S/C17H20Cl2N2O3/c1-2-3-4-9-23-17(22)24-16(11-21-8-7-20-12-21)14-6-5-13(18)10-15(14)19/h5-8,10,12,16H,2-4,9,11H2,1H3. The molecule has 130 valence electrons. The maximum atomic E-state index is 12.0. The summed E-state index contributed by atoms with van der Waals surface area (Å²) in [5.74, 6) is 0. The van der Waals surface area contributed by atoms with Gasteiger partial charge in [0.25, 0.3) is 0 Å². The largest absolute Gasteiger partial charge is 0.508 e. The van der Waals surface area contributed by atoms with Gasteiger partial charge in [-0.1, -0.05) is 49.0 Å².